The third-order valence-corrected chi connectivity index (χ3v) is 3.33. The Morgan fingerprint density at radius 1 is 1.39 bits per heavy atom. The van der Waals surface area contributed by atoms with Crippen molar-refractivity contribution < 1.29 is 9.84 Å². The van der Waals surface area contributed by atoms with Gasteiger partial charge in [-0.25, -0.2) is 0 Å². The van der Waals surface area contributed by atoms with Crippen LogP contribution in [0, 0.1) is 6.92 Å². The number of aliphatic hydroxyl groups is 1. The maximum absolute atomic E-state index is 9.31. The molecule has 18 heavy (non-hydrogen) atoms. The third kappa shape index (κ3) is 3.47. The largest absolute Gasteiger partial charge is 0.496 e. The Labute approximate surface area is 110 Å². The van der Waals surface area contributed by atoms with E-state index < -0.39 is 0 Å². The second kappa shape index (κ2) is 6.76. The second-order valence-corrected chi connectivity index (χ2v) is 4.94. The number of methoxy groups -OCH3 is 1. The van der Waals surface area contributed by atoms with Crippen LogP contribution in [0.4, 0.5) is 0 Å². The molecule has 0 aliphatic rings. The molecule has 102 valence electrons. The standard InChI is InChI=1S/C15H25NO2/c1-5-9-16-15(3,8-10-17)13-11-12(2)6-7-14(13)18-4/h6-7,11,16-17H,5,8-10H2,1-4H3. The van der Waals surface area contributed by atoms with Gasteiger partial charge in [-0.15, -0.1) is 0 Å². The summed E-state index contributed by atoms with van der Waals surface area (Å²) >= 11 is 0. The fourth-order valence-corrected chi connectivity index (χ4v) is 2.20. The van der Waals surface area contributed by atoms with Gasteiger partial charge in [0.05, 0.1) is 7.11 Å². The highest BCUT2D eigenvalue weighted by atomic mass is 16.5. The summed E-state index contributed by atoms with van der Waals surface area (Å²) in [5, 5.41) is 12.8. The first kappa shape index (κ1) is 15.0. The first-order valence-electron chi connectivity index (χ1n) is 6.58. The molecule has 1 unspecified atom stereocenters. The summed E-state index contributed by atoms with van der Waals surface area (Å²) in [5.74, 6) is 0.875. The van der Waals surface area contributed by atoms with Crippen LogP contribution in [-0.4, -0.2) is 25.4 Å². The van der Waals surface area contributed by atoms with Gasteiger partial charge in [0.15, 0.2) is 0 Å². The molecule has 0 heterocycles. The van der Waals surface area contributed by atoms with E-state index in [9.17, 15) is 5.11 Å². The van der Waals surface area contributed by atoms with Gasteiger partial charge in [-0.2, -0.15) is 0 Å². The predicted octanol–water partition coefficient (Wildman–Crippen LogP) is 2.60. The lowest BCUT2D eigenvalue weighted by Crippen LogP contribution is -2.41. The normalized spacial score (nSPS) is 14.3. The van der Waals surface area contributed by atoms with Gasteiger partial charge in [-0.1, -0.05) is 24.6 Å². The Hall–Kier alpha value is -1.06. The zero-order valence-electron chi connectivity index (χ0n) is 11.9. The molecular weight excluding hydrogens is 226 g/mol. The van der Waals surface area contributed by atoms with Crippen LogP contribution >= 0.6 is 0 Å². The van der Waals surface area contributed by atoms with E-state index >= 15 is 0 Å². The molecular formula is C15H25NO2. The van der Waals surface area contributed by atoms with E-state index in [1.165, 1.54) is 5.56 Å². The lowest BCUT2D eigenvalue weighted by atomic mass is 9.87. The van der Waals surface area contributed by atoms with Crippen molar-refractivity contribution in [3.63, 3.8) is 0 Å². The van der Waals surface area contributed by atoms with Crippen molar-refractivity contribution in [2.45, 2.75) is 39.2 Å². The van der Waals surface area contributed by atoms with Crippen molar-refractivity contribution in [2.24, 2.45) is 0 Å². The number of hydrogen-bond acceptors (Lipinski definition) is 3. The van der Waals surface area contributed by atoms with Crippen LogP contribution in [0.15, 0.2) is 18.2 Å². The SMILES string of the molecule is CCCNC(C)(CCO)c1cc(C)ccc1OC. The molecule has 0 amide bonds. The van der Waals surface area contributed by atoms with E-state index in [1.54, 1.807) is 7.11 Å². The van der Waals surface area contributed by atoms with Crippen molar-refractivity contribution in [2.75, 3.05) is 20.3 Å². The molecule has 0 bridgehead atoms. The number of benzene rings is 1. The minimum absolute atomic E-state index is 0.157. The lowest BCUT2D eigenvalue weighted by molar-refractivity contribution is 0.217. The van der Waals surface area contributed by atoms with Crippen molar-refractivity contribution in [3.05, 3.63) is 29.3 Å². The molecule has 3 nitrogen and oxygen atoms in total. The van der Waals surface area contributed by atoms with E-state index in [0.29, 0.717) is 6.42 Å². The number of hydrogen-bond donors (Lipinski definition) is 2. The zero-order chi connectivity index (χ0) is 13.6. The van der Waals surface area contributed by atoms with Crippen LogP contribution < -0.4 is 10.1 Å². The molecule has 3 heteroatoms. The van der Waals surface area contributed by atoms with E-state index in [0.717, 1.165) is 24.3 Å². The third-order valence-electron chi connectivity index (χ3n) is 3.33. The Morgan fingerprint density at radius 3 is 2.67 bits per heavy atom. The van der Waals surface area contributed by atoms with E-state index in [4.69, 9.17) is 4.74 Å². The number of aryl methyl sites for hydroxylation is 1. The fraction of sp³-hybridized carbons (Fsp3) is 0.600. The molecule has 0 spiro atoms. The smallest absolute Gasteiger partial charge is 0.123 e. The van der Waals surface area contributed by atoms with Crippen molar-refractivity contribution in [1.82, 2.24) is 5.32 Å². The van der Waals surface area contributed by atoms with Gasteiger partial charge in [-0.05, 0) is 39.3 Å². The van der Waals surface area contributed by atoms with Gasteiger partial charge >= 0.3 is 0 Å². The van der Waals surface area contributed by atoms with Crippen LogP contribution in [0.1, 0.15) is 37.8 Å². The molecule has 0 saturated heterocycles. The lowest BCUT2D eigenvalue weighted by Gasteiger charge is -2.32. The average molecular weight is 251 g/mol. The second-order valence-electron chi connectivity index (χ2n) is 4.94. The Balaban J connectivity index is 3.14. The van der Waals surface area contributed by atoms with Gasteiger partial charge in [0.25, 0.3) is 0 Å². The Bertz CT molecular complexity index is 379. The molecule has 0 aliphatic carbocycles. The monoisotopic (exact) mass is 251 g/mol. The Morgan fingerprint density at radius 2 is 2.11 bits per heavy atom. The summed E-state index contributed by atoms with van der Waals surface area (Å²) in [6.45, 7) is 7.41. The van der Waals surface area contributed by atoms with E-state index in [1.807, 2.05) is 12.1 Å². The summed E-state index contributed by atoms with van der Waals surface area (Å²) < 4.78 is 5.45. The molecule has 0 aromatic heterocycles. The van der Waals surface area contributed by atoms with E-state index in [2.05, 4.69) is 32.2 Å². The van der Waals surface area contributed by atoms with E-state index in [-0.39, 0.29) is 12.1 Å². The number of rotatable bonds is 7. The average Bonchev–Trinajstić information content (AvgIpc) is 2.36. The minimum Gasteiger partial charge on any atom is -0.496 e. The van der Waals surface area contributed by atoms with Crippen molar-refractivity contribution >= 4 is 0 Å². The summed E-state index contributed by atoms with van der Waals surface area (Å²) in [6.07, 6.45) is 1.74. The van der Waals surface area contributed by atoms with Crippen LogP contribution in [-0.2, 0) is 5.54 Å². The topological polar surface area (TPSA) is 41.5 Å². The molecule has 1 atom stereocenters. The zero-order valence-corrected chi connectivity index (χ0v) is 11.9. The summed E-state index contributed by atoms with van der Waals surface area (Å²) in [7, 11) is 1.69. The fourth-order valence-electron chi connectivity index (χ4n) is 2.20. The summed E-state index contributed by atoms with van der Waals surface area (Å²) in [5.41, 5.74) is 2.07. The molecule has 2 N–H and O–H groups in total. The summed E-state index contributed by atoms with van der Waals surface area (Å²) in [4.78, 5) is 0. The van der Waals surface area contributed by atoms with Crippen molar-refractivity contribution in [3.8, 4) is 5.75 Å². The van der Waals surface area contributed by atoms with Gasteiger partial charge in [0.2, 0.25) is 0 Å². The number of ether oxygens (including phenoxy) is 1. The Kier molecular flexibility index (Phi) is 5.63. The van der Waals surface area contributed by atoms with Crippen LogP contribution in [0.3, 0.4) is 0 Å². The predicted molar refractivity (Wildman–Crippen MR) is 75.1 cm³/mol. The molecule has 0 fully saturated rings. The van der Waals surface area contributed by atoms with Crippen LogP contribution in [0.5, 0.6) is 5.75 Å². The van der Waals surface area contributed by atoms with Crippen molar-refractivity contribution in [1.29, 1.82) is 0 Å². The van der Waals surface area contributed by atoms with Gasteiger partial charge in [0, 0.05) is 17.7 Å². The van der Waals surface area contributed by atoms with Crippen LogP contribution in [0.2, 0.25) is 0 Å². The number of aliphatic hydroxyl groups excluding tert-OH is 1. The molecule has 1 rings (SSSR count). The molecule has 1 aromatic rings. The highest BCUT2D eigenvalue weighted by Crippen LogP contribution is 2.33. The molecule has 1 aromatic carbocycles. The first-order chi connectivity index (χ1) is 8.57. The number of nitrogens with one attached hydrogen (secondary N) is 1. The maximum atomic E-state index is 9.31. The molecule has 0 aliphatic heterocycles. The highest BCUT2D eigenvalue weighted by Gasteiger charge is 2.28. The maximum Gasteiger partial charge on any atom is 0.123 e. The molecule has 0 saturated carbocycles. The van der Waals surface area contributed by atoms with Crippen LogP contribution in [0.25, 0.3) is 0 Å². The minimum atomic E-state index is -0.248. The summed E-state index contributed by atoms with van der Waals surface area (Å²) in [6, 6.07) is 6.17. The highest BCUT2D eigenvalue weighted by molar-refractivity contribution is 5.41. The van der Waals surface area contributed by atoms with Gasteiger partial charge in [-0.3, -0.25) is 0 Å². The van der Waals surface area contributed by atoms with Gasteiger partial charge < -0.3 is 15.2 Å². The van der Waals surface area contributed by atoms with Gasteiger partial charge in [0.1, 0.15) is 5.75 Å². The molecule has 0 radical (unpaired) electrons. The quantitative estimate of drug-likeness (QED) is 0.782. The first-order valence-corrected chi connectivity index (χ1v) is 6.58.